The fourth-order valence-corrected chi connectivity index (χ4v) is 2.91. The third-order valence-electron chi connectivity index (χ3n) is 4.04. The second-order valence-corrected chi connectivity index (χ2v) is 5.53. The van der Waals surface area contributed by atoms with Crippen LogP contribution in [0.4, 0.5) is 5.69 Å². The Morgan fingerprint density at radius 1 is 1.48 bits per heavy atom. The number of nitro groups is 1. The number of rotatable bonds is 5. The zero-order valence-corrected chi connectivity index (χ0v) is 12.9. The Bertz CT molecular complexity index is 645. The number of carboxylic acids is 1. The van der Waals surface area contributed by atoms with E-state index in [1.807, 2.05) is 0 Å². The number of carbonyl (C=O) groups excluding carboxylic acids is 1. The van der Waals surface area contributed by atoms with Crippen molar-refractivity contribution in [2.24, 2.45) is 0 Å². The molecule has 23 heavy (non-hydrogen) atoms. The maximum atomic E-state index is 12.8. The monoisotopic (exact) mass is 322 g/mol. The first-order valence-electron chi connectivity index (χ1n) is 7.14. The van der Waals surface area contributed by atoms with E-state index in [1.54, 1.807) is 13.0 Å². The predicted octanol–water partition coefficient (Wildman–Crippen LogP) is 1.61. The normalized spacial score (nSPS) is 20.5. The quantitative estimate of drug-likeness (QED) is 0.651. The smallest absolute Gasteiger partial charge is 0.305 e. The van der Waals surface area contributed by atoms with Crippen molar-refractivity contribution in [2.75, 3.05) is 13.7 Å². The average molecular weight is 322 g/mol. The lowest BCUT2D eigenvalue weighted by Crippen LogP contribution is -2.38. The van der Waals surface area contributed by atoms with Gasteiger partial charge in [-0.1, -0.05) is 12.1 Å². The number of hydrogen-bond donors (Lipinski definition) is 1. The average Bonchev–Trinajstić information content (AvgIpc) is 2.88. The van der Waals surface area contributed by atoms with Crippen LogP contribution in [0.5, 0.6) is 0 Å². The van der Waals surface area contributed by atoms with Gasteiger partial charge in [0.2, 0.25) is 0 Å². The first kappa shape index (κ1) is 16.9. The van der Waals surface area contributed by atoms with E-state index in [2.05, 4.69) is 0 Å². The third-order valence-corrected chi connectivity index (χ3v) is 4.04. The lowest BCUT2D eigenvalue weighted by atomic mass is 10.0. The standard InChI is InChI=1S/C15H18N2O6/c1-9-4-3-5-12(17(21)22)14(9)15(20)16-8-11(23-2)6-10(16)7-13(18)19/h3-5,10-11H,6-8H2,1-2H3,(H,18,19). The van der Waals surface area contributed by atoms with Crippen LogP contribution in [0.15, 0.2) is 18.2 Å². The molecule has 1 N–H and O–H groups in total. The molecule has 0 bridgehead atoms. The van der Waals surface area contributed by atoms with Gasteiger partial charge in [-0.3, -0.25) is 19.7 Å². The van der Waals surface area contributed by atoms with E-state index in [0.717, 1.165) is 0 Å². The Labute approximate surface area is 132 Å². The molecule has 0 spiro atoms. The van der Waals surface area contributed by atoms with Gasteiger partial charge in [-0.15, -0.1) is 0 Å². The number of aryl methyl sites for hydroxylation is 1. The molecule has 2 atom stereocenters. The first-order valence-corrected chi connectivity index (χ1v) is 7.14. The number of aliphatic carboxylic acids is 1. The van der Waals surface area contributed by atoms with E-state index >= 15 is 0 Å². The van der Waals surface area contributed by atoms with Crippen LogP contribution < -0.4 is 0 Å². The molecule has 1 heterocycles. The van der Waals surface area contributed by atoms with Crippen LogP contribution in [0.25, 0.3) is 0 Å². The molecule has 124 valence electrons. The highest BCUT2D eigenvalue weighted by Gasteiger charge is 2.39. The molecule has 0 saturated carbocycles. The predicted molar refractivity (Wildman–Crippen MR) is 80.3 cm³/mol. The number of ether oxygens (including phenoxy) is 1. The van der Waals surface area contributed by atoms with Gasteiger partial charge in [0.1, 0.15) is 5.56 Å². The van der Waals surface area contributed by atoms with Gasteiger partial charge in [0, 0.05) is 25.8 Å². The molecule has 1 aromatic carbocycles. The van der Waals surface area contributed by atoms with Crippen molar-refractivity contribution in [1.82, 2.24) is 4.90 Å². The van der Waals surface area contributed by atoms with Gasteiger partial charge in [0.15, 0.2) is 0 Å². The van der Waals surface area contributed by atoms with Crippen molar-refractivity contribution in [3.63, 3.8) is 0 Å². The van der Waals surface area contributed by atoms with Crippen LogP contribution in [-0.2, 0) is 9.53 Å². The van der Waals surface area contributed by atoms with E-state index in [-0.39, 0.29) is 30.3 Å². The summed E-state index contributed by atoms with van der Waals surface area (Å²) in [5.74, 6) is -1.55. The minimum atomic E-state index is -1.02. The summed E-state index contributed by atoms with van der Waals surface area (Å²) in [6, 6.07) is 3.87. The molecule has 2 unspecified atom stereocenters. The Morgan fingerprint density at radius 2 is 2.17 bits per heavy atom. The Balaban J connectivity index is 2.38. The SMILES string of the molecule is COC1CC(CC(=O)O)N(C(=O)c2c(C)cccc2[N+](=O)[O-])C1. The second kappa shape index (κ2) is 6.74. The van der Waals surface area contributed by atoms with Gasteiger partial charge >= 0.3 is 5.97 Å². The first-order chi connectivity index (χ1) is 10.8. The van der Waals surface area contributed by atoms with E-state index in [4.69, 9.17) is 9.84 Å². The fourth-order valence-electron chi connectivity index (χ4n) is 2.91. The van der Waals surface area contributed by atoms with Crippen molar-refractivity contribution in [3.05, 3.63) is 39.4 Å². The third kappa shape index (κ3) is 3.48. The highest BCUT2D eigenvalue weighted by atomic mass is 16.6. The number of nitro benzene ring substituents is 1. The fraction of sp³-hybridized carbons (Fsp3) is 0.467. The number of methoxy groups -OCH3 is 1. The molecule has 0 radical (unpaired) electrons. The number of benzene rings is 1. The van der Waals surface area contributed by atoms with Crippen molar-refractivity contribution in [2.45, 2.75) is 31.9 Å². The van der Waals surface area contributed by atoms with E-state index in [1.165, 1.54) is 24.1 Å². The molecule has 2 rings (SSSR count). The highest BCUT2D eigenvalue weighted by molar-refractivity contribution is 6.00. The molecule has 1 fully saturated rings. The molecular weight excluding hydrogens is 304 g/mol. The molecule has 1 aliphatic heterocycles. The van der Waals surface area contributed by atoms with Gasteiger partial charge in [0.25, 0.3) is 11.6 Å². The summed E-state index contributed by atoms with van der Waals surface area (Å²) in [6.45, 7) is 1.84. The molecule has 8 heteroatoms. The van der Waals surface area contributed by atoms with Gasteiger partial charge in [-0.25, -0.2) is 0 Å². The number of carboxylic acid groups (broad SMARTS) is 1. The van der Waals surface area contributed by atoms with Gasteiger partial charge in [0.05, 0.1) is 17.4 Å². The summed E-state index contributed by atoms with van der Waals surface area (Å²) in [6.07, 6.45) is -0.0918. The van der Waals surface area contributed by atoms with Crippen molar-refractivity contribution in [3.8, 4) is 0 Å². The Hall–Kier alpha value is -2.48. The summed E-state index contributed by atoms with van der Waals surface area (Å²) < 4.78 is 5.23. The molecular formula is C15H18N2O6. The van der Waals surface area contributed by atoms with Gasteiger partial charge < -0.3 is 14.7 Å². The Morgan fingerprint density at radius 3 is 2.74 bits per heavy atom. The van der Waals surface area contributed by atoms with E-state index < -0.39 is 22.8 Å². The molecule has 1 amide bonds. The van der Waals surface area contributed by atoms with Crippen LogP contribution in [-0.4, -0.2) is 52.6 Å². The van der Waals surface area contributed by atoms with E-state index in [9.17, 15) is 19.7 Å². The number of likely N-dealkylation sites (tertiary alicyclic amines) is 1. The van der Waals surface area contributed by atoms with Gasteiger partial charge in [-0.2, -0.15) is 0 Å². The number of hydrogen-bond acceptors (Lipinski definition) is 5. The molecule has 0 aromatic heterocycles. The molecule has 1 aliphatic rings. The van der Waals surface area contributed by atoms with Crippen LogP contribution in [0.3, 0.4) is 0 Å². The maximum absolute atomic E-state index is 12.8. The molecule has 8 nitrogen and oxygen atoms in total. The summed E-state index contributed by atoms with van der Waals surface area (Å²) in [5, 5.41) is 20.2. The minimum Gasteiger partial charge on any atom is -0.481 e. The Kier molecular flexibility index (Phi) is 4.95. The zero-order valence-electron chi connectivity index (χ0n) is 12.9. The summed E-state index contributed by atoms with van der Waals surface area (Å²) in [4.78, 5) is 35.8. The van der Waals surface area contributed by atoms with Crippen LogP contribution in [0.1, 0.15) is 28.8 Å². The van der Waals surface area contributed by atoms with Gasteiger partial charge in [-0.05, 0) is 18.9 Å². The topological polar surface area (TPSA) is 110 Å². The van der Waals surface area contributed by atoms with Crippen molar-refractivity contribution in [1.29, 1.82) is 0 Å². The highest BCUT2D eigenvalue weighted by Crippen LogP contribution is 2.29. The minimum absolute atomic E-state index is 0.00430. The van der Waals surface area contributed by atoms with Crippen molar-refractivity contribution < 1.29 is 24.4 Å². The second-order valence-electron chi connectivity index (χ2n) is 5.53. The summed E-state index contributed by atoms with van der Waals surface area (Å²) in [7, 11) is 1.49. The lowest BCUT2D eigenvalue weighted by Gasteiger charge is -2.23. The summed E-state index contributed by atoms with van der Waals surface area (Å²) >= 11 is 0. The zero-order chi connectivity index (χ0) is 17.1. The van der Waals surface area contributed by atoms with Crippen LogP contribution in [0, 0.1) is 17.0 Å². The number of nitrogens with zero attached hydrogens (tertiary/aromatic N) is 2. The summed E-state index contributed by atoms with van der Waals surface area (Å²) in [5.41, 5.74) is 0.216. The van der Waals surface area contributed by atoms with Crippen LogP contribution in [0.2, 0.25) is 0 Å². The molecule has 0 aliphatic carbocycles. The van der Waals surface area contributed by atoms with Crippen molar-refractivity contribution >= 4 is 17.6 Å². The number of amides is 1. The largest absolute Gasteiger partial charge is 0.481 e. The van der Waals surface area contributed by atoms with E-state index in [0.29, 0.717) is 12.0 Å². The molecule has 1 saturated heterocycles. The van der Waals surface area contributed by atoms with Crippen LogP contribution >= 0.6 is 0 Å². The lowest BCUT2D eigenvalue weighted by molar-refractivity contribution is -0.385. The molecule has 1 aromatic rings. The number of carbonyl (C=O) groups is 2. The maximum Gasteiger partial charge on any atom is 0.305 e.